The van der Waals surface area contributed by atoms with Crippen LogP contribution in [0.25, 0.3) is 11.1 Å². The average Bonchev–Trinajstić information content (AvgIpc) is 3.41. The molecule has 0 aliphatic carbocycles. The molecule has 0 unspecified atom stereocenters. The van der Waals surface area contributed by atoms with Gasteiger partial charge in [-0.2, -0.15) is 0 Å². The predicted octanol–water partition coefficient (Wildman–Crippen LogP) is 15.6. The molecular weight excluding hydrogens is 769 g/mol. The van der Waals surface area contributed by atoms with Crippen LogP contribution in [0.2, 0.25) is 0 Å². The molecule has 6 aromatic rings. The lowest BCUT2D eigenvalue weighted by molar-refractivity contribution is 0.116. The van der Waals surface area contributed by atoms with Crippen LogP contribution in [0.15, 0.2) is 126 Å². The minimum atomic E-state index is -0.397. The first-order chi connectivity index (χ1) is 29.6. The van der Waals surface area contributed by atoms with Gasteiger partial charge in [-0.15, -0.1) is 0 Å². The SMILES string of the molecule is Cc1cc(Oc2cc(C3=N[C@](C)(C(C(C)C)C(C)C)C(C)(C)N3c3c(C)cccc3C)cc(-c3ccccc3)c2)cc(N2c3ccc(C(C)(C)C)cc3C(C)(C)c3cccnc32)c1. The molecule has 326 valence electrons. The van der Waals surface area contributed by atoms with Crippen molar-refractivity contribution in [1.82, 2.24) is 4.98 Å². The quantitative estimate of drug-likeness (QED) is 0.145. The second kappa shape index (κ2) is 15.8. The third-order valence-electron chi connectivity index (χ3n) is 14.3. The van der Waals surface area contributed by atoms with Gasteiger partial charge >= 0.3 is 0 Å². The van der Waals surface area contributed by atoms with E-state index in [9.17, 15) is 0 Å². The number of hydrogen-bond acceptors (Lipinski definition) is 5. The normalized spacial score (nSPS) is 17.9. The highest BCUT2D eigenvalue weighted by Gasteiger charge is 2.58. The van der Waals surface area contributed by atoms with Gasteiger partial charge in [0.15, 0.2) is 0 Å². The zero-order valence-corrected chi connectivity index (χ0v) is 40.5. The number of pyridine rings is 1. The third-order valence-corrected chi connectivity index (χ3v) is 14.3. The van der Waals surface area contributed by atoms with Gasteiger partial charge in [0.1, 0.15) is 23.2 Å². The van der Waals surface area contributed by atoms with E-state index in [-0.39, 0.29) is 16.4 Å². The molecule has 0 amide bonds. The maximum absolute atomic E-state index is 7.13. The molecule has 0 spiro atoms. The van der Waals surface area contributed by atoms with E-state index in [4.69, 9.17) is 14.7 Å². The zero-order valence-electron chi connectivity index (χ0n) is 40.5. The van der Waals surface area contributed by atoms with Crippen molar-refractivity contribution in [3.05, 3.63) is 160 Å². The predicted molar refractivity (Wildman–Crippen MR) is 267 cm³/mol. The number of aryl methyl sites for hydroxylation is 3. The van der Waals surface area contributed by atoms with Gasteiger partial charge in [0.2, 0.25) is 0 Å². The van der Waals surface area contributed by atoms with Gasteiger partial charge in [0.05, 0.1) is 22.5 Å². The molecule has 0 saturated heterocycles. The van der Waals surface area contributed by atoms with Crippen molar-refractivity contribution in [2.75, 3.05) is 9.80 Å². The fourth-order valence-electron chi connectivity index (χ4n) is 11.1. The lowest BCUT2D eigenvalue weighted by atomic mass is 9.64. The molecule has 0 radical (unpaired) electrons. The van der Waals surface area contributed by atoms with Crippen LogP contribution < -0.4 is 14.5 Å². The first-order valence-electron chi connectivity index (χ1n) is 23.0. The van der Waals surface area contributed by atoms with Crippen molar-refractivity contribution < 1.29 is 4.74 Å². The molecule has 63 heavy (non-hydrogen) atoms. The van der Waals surface area contributed by atoms with Crippen molar-refractivity contribution in [2.24, 2.45) is 22.7 Å². The summed E-state index contributed by atoms with van der Waals surface area (Å²) >= 11 is 0. The van der Waals surface area contributed by atoms with E-state index in [0.29, 0.717) is 17.8 Å². The fraction of sp³-hybridized carbons (Fsp3) is 0.379. The van der Waals surface area contributed by atoms with Gasteiger partial charge in [-0.05, 0) is 146 Å². The van der Waals surface area contributed by atoms with Crippen LogP contribution in [0, 0.1) is 38.5 Å². The number of para-hydroxylation sites is 1. The minimum Gasteiger partial charge on any atom is -0.457 e. The van der Waals surface area contributed by atoms with Gasteiger partial charge in [-0.25, -0.2) is 4.98 Å². The first kappa shape index (κ1) is 43.9. The van der Waals surface area contributed by atoms with E-state index in [1.807, 2.05) is 6.20 Å². The summed E-state index contributed by atoms with van der Waals surface area (Å²) in [7, 11) is 0. The van der Waals surface area contributed by atoms with Gasteiger partial charge < -0.3 is 9.64 Å². The van der Waals surface area contributed by atoms with Gasteiger partial charge in [0, 0.05) is 34.5 Å². The monoisotopic (exact) mass is 837 g/mol. The van der Waals surface area contributed by atoms with Crippen molar-refractivity contribution >= 4 is 28.7 Å². The molecule has 5 heteroatoms. The largest absolute Gasteiger partial charge is 0.457 e. The molecule has 0 N–H and O–H groups in total. The Labute approximate surface area is 378 Å². The summed E-state index contributed by atoms with van der Waals surface area (Å²) in [5.74, 6) is 4.65. The summed E-state index contributed by atoms with van der Waals surface area (Å²) in [5.41, 5.74) is 13.0. The third kappa shape index (κ3) is 7.55. The molecule has 0 saturated carbocycles. The Morgan fingerprint density at radius 2 is 1.27 bits per heavy atom. The first-order valence-corrected chi connectivity index (χ1v) is 23.0. The van der Waals surface area contributed by atoms with Crippen LogP contribution in [-0.4, -0.2) is 21.9 Å². The molecule has 2 aliphatic heterocycles. The fourth-order valence-corrected chi connectivity index (χ4v) is 11.1. The summed E-state index contributed by atoms with van der Waals surface area (Å²) in [6.45, 7) is 34.8. The van der Waals surface area contributed by atoms with Crippen LogP contribution >= 0.6 is 0 Å². The van der Waals surface area contributed by atoms with Crippen LogP contribution in [0.5, 0.6) is 11.5 Å². The van der Waals surface area contributed by atoms with Crippen LogP contribution in [0.4, 0.5) is 22.9 Å². The number of aromatic nitrogens is 1. The van der Waals surface area contributed by atoms with Crippen molar-refractivity contribution in [3.63, 3.8) is 0 Å². The Kier molecular flexibility index (Phi) is 11.0. The second-order valence-corrected chi connectivity index (χ2v) is 21.3. The van der Waals surface area contributed by atoms with E-state index < -0.39 is 5.54 Å². The highest BCUT2D eigenvalue weighted by molar-refractivity contribution is 6.14. The summed E-state index contributed by atoms with van der Waals surface area (Å²) in [4.78, 5) is 15.9. The Hall–Kier alpha value is -5.68. The number of anilines is 4. The zero-order chi connectivity index (χ0) is 45.4. The Morgan fingerprint density at radius 3 is 1.92 bits per heavy atom. The van der Waals surface area contributed by atoms with Crippen molar-refractivity contribution in [1.29, 1.82) is 0 Å². The second-order valence-electron chi connectivity index (χ2n) is 21.3. The lowest BCUT2D eigenvalue weighted by Crippen LogP contribution is -2.60. The van der Waals surface area contributed by atoms with E-state index in [2.05, 4.69) is 229 Å². The Morgan fingerprint density at radius 1 is 0.619 bits per heavy atom. The van der Waals surface area contributed by atoms with E-state index in [1.165, 1.54) is 33.5 Å². The molecule has 2 aliphatic rings. The molecule has 1 aromatic heterocycles. The molecule has 3 heterocycles. The standard InChI is InChI=1S/C58H68N4O/c1-36(2)51(37(3)4)58(15)57(13,14)62(52-39(6)21-19-22-40(52)7)53(60-58)43-31-42(41-23-17-16-18-24-41)32-47(33-43)63-46-30-38(5)29-45(35-46)61-50-27-26-44(55(8,9)10)34-49(50)56(11,12)48-25-20-28-59-54(48)61/h16-37,51H,1-15H3/t58-/m1/s1. The summed E-state index contributed by atoms with van der Waals surface area (Å²) < 4.78 is 7.13. The number of rotatable bonds is 9. The number of benzene rings is 5. The molecular formula is C58H68N4O. The number of aliphatic imine (C=N–C) groups is 1. The maximum atomic E-state index is 7.13. The molecule has 8 rings (SSSR count). The molecule has 0 fully saturated rings. The molecule has 5 aromatic carbocycles. The van der Waals surface area contributed by atoms with E-state index >= 15 is 0 Å². The highest BCUT2D eigenvalue weighted by atomic mass is 16.5. The molecule has 1 atom stereocenters. The topological polar surface area (TPSA) is 41.0 Å². The number of ether oxygens (including phenoxy) is 1. The van der Waals surface area contributed by atoms with E-state index in [0.717, 1.165) is 56.8 Å². The summed E-state index contributed by atoms with van der Waals surface area (Å²) in [6.07, 6.45) is 1.91. The molecule has 0 bridgehead atoms. The average molecular weight is 837 g/mol. The van der Waals surface area contributed by atoms with Gasteiger partial charge in [0.25, 0.3) is 0 Å². The van der Waals surface area contributed by atoms with Crippen LogP contribution in [0.1, 0.15) is 122 Å². The number of hydrogen-bond donors (Lipinski definition) is 0. The van der Waals surface area contributed by atoms with Crippen molar-refractivity contribution in [3.8, 4) is 22.6 Å². The Balaban J connectivity index is 1.30. The minimum absolute atomic E-state index is 0.0153. The smallest absolute Gasteiger partial charge is 0.141 e. The Bertz CT molecular complexity index is 2690. The number of nitrogens with zero attached hydrogens (tertiary/aromatic N) is 4. The summed E-state index contributed by atoms with van der Waals surface area (Å²) in [5, 5.41) is 0. The summed E-state index contributed by atoms with van der Waals surface area (Å²) in [6, 6.07) is 41.8. The maximum Gasteiger partial charge on any atom is 0.141 e. The number of amidine groups is 1. The van der Waals surface area contributed by atoms with E-state index in [1.54, 1.807) is 0 Å². The van der Waals surface area contributed by atoms with Crippen molar-refractivity contribution in [2.45, 2.75) is 126 Å². The molecule has 5 nitrogen and oxygen atoms in total. The number of fused-ring (bicyclic) bond motifs is 2. The highest BCUT2D eigenvalue weighted by Crippen LogP contribution is 2.54. The van der Waals surface area contributed by atoms with Crippen LogP contribution in [0.3, 0.4) is 0 Å². The van der Waals surface area contributed by atoms with Gasteiger partial charge in [-0.3, -0.25) is 9.89 Å². The van der Waals surface area contributed by atoms with Gasteiger partial charge in [-0.1, -0.05) is 129 Å². The van der Waals surface area contributed by atoms with Crippen LogP contribution in [-0.2, 0) is 10.8 Å². The lowest BCUT2D eigenvalue weighted by Gasteiger charge is -2.50.